The van der Waals surface area contributed by atoms with Gasteiger partial charge in [-0.25, -0.2) is 0 Å². The van der Waals surface area contributed by atoms with E-state index in [9.17, 15) is 4.79 Å². The molecule has 0 aliphatic carbocycles. The Morgan fingerprint density at radius 1 is 0.895 bits per heavy atom. The number of rotatable bonds is 3. The molecule has 0 aromatic heterocycles. The van der Waals surface area contributed by atoms with Crippen LogP contribution in [0.4, 0.5) is 11.4 Å². The van der Waals surface area contributed by atoms with E-state index in [0.717, 1.165) is 11.3 Å². The first-order chi connectivity index (χ1) is 9.15. The molecule has 0 saturated heterocycles. The van der Waals surface area contributed by atoms with Gasteiger partial charge in [0, 0.05) is 18.4 Å². The van der Waals surface area contributed by atoms with Gasteiger partial charge in [-0.2, -0.15) is 0 Å². The van der Waals surface area contributed by atoms with Crippen LogP contribution in [0.3, 0.4) is 0 Å². The van der Waals surface area contributed by atoms with Crippen molar-refractivity contribution < 1.29 is 4.79 Å². The van der Waals surface area contributed by atoms with Gasteiger partial charge in [-0.1, -0.05) is 29.8 Å². The van der Waals surface area contributed by atoms with Gasteiger partial charge in [0.2, 0.25) is 6.41 Å². The Hall–Kier alpha value is -2.29. The maximum Gasteiger partial charge on any atom is 0.211 e. The number of carbonyl (C=O) groups is 1. The molecule has 0 aliphatic heterocycles. The summed E-state index contributed by atoms with van der Waals surface area (Å²) in [5.41, 5.74) is 4.46. The molecule has 2 rings (SSSR count). The molecule has 0 atom stereocenters. The summed E-state index contributed by atoms with van der Waals surface area (Å²) in [6, 6.07) is 16.0. The monoisotopic (exact) mass is 256 g/mol. The van der Waals surface area contributed by atoms with Crippen molar-refractivity contribution in [2.24, 2.45) is 0 Å². The van der Waals surface area contributed by atoms with E-state index in [4.69, 9.17) is 0 Å². The molecule has 0 radical (unpaired) electrons. The maximum atomic E-state index is 9.97. The van der Waals surface area contributed by atoms with Crippen LogP contribution in [0.15, 0.2) is 48.5 Å². The van der Waals surface area contributed by atoms with Crippen LogP contribution in [0.1, 0.15) is 11.1 Å². The average Bonchev–Trinajstić information content (AvgIpc) is 2.41. The van der Waals surface area contributed by atoms with Gasteiger partial charge in [0.1, 0.15) is 0 Å². The second kappa shape index (κ2) is 7.93. The van der Waals surface area contributed by atoms with Crippen LogP contribution in [-0.4, -0.2) is 13.5 Å². The van der Waals surface area contributed by atoms with E-state index in [0.29, 0.717) is 6.41 Å². The molecule has 100 valence electrons. The molecule has 0 spiro atoms. The summed E-state index contributed by atoms with van der Waals surface area (Å²) in [6.07, 6.45) is 0.675. The van der Waals surface area contributed by atoms with Crippen LogP contribution in [0, 0.1) is 13.8 Å². The van der Waals surface area contributed by atoms with Crippen molar-refractivity contribution in [2.45, 2.75) is 13.8 Å². The lowest BCUT2D eigenvalue weighted by molar-refractivity contribution is -0.105. The van der Waals surface area contributed by atoms with Gasteiger partial charge < -0.3 is 10.6 Å². The number of hydrogen-bond acceptors (Lipinski definition) is 2. The fourth-order valence-electron chi connectivity index (χ4n) is 1.52. The van der Waals surface area contributed by atoms with Crippen molar-refractivity contribution in [1.82, 2.24) is 0 Å². The van der Waals surface area contributed by atoms with E-state index in [1.807, 2.05) is 38.2 Å². The molecule has 0 saturated carbocycles. The molecule has 0 bridgehead atoms. The van der Waals surface area contributed by atoms with E-state index < -0.39 is 0 Å². The topological polar surface area (TPSA) is 41.1 Å². The lowest BCUT2D eigenvalue weighted by Gasteiger charge is -1.97. The molecule has 0 unspecified atom stereocenters. The van der Waals surface area contributed by atoms with Crippen molar-refractivity contribution >= 4 is 17.8 Å². The van der Waals surface area contributed by atoms with E-state index in [2.05, 4.69) is 41.8 Å². The minimum atomic E-state index is 0.675. The molecule has 0 fully saturated rings. The zero-order chi connectivity index (χ0) is 14.1. The van der Waals surface area contributed by atoms with Crippen molar-refractivity contribution in [3.8, 4) is 0 Å². The van der Waals surface area contributed by atoms with Gasteiger partial charge >= 0.3 is 0 Å². The fourth-order valence-corrected chi connectivity index (χ4v) is 1.52. The summed E-state index contributed by atoms with van der Waals surface area (Å²) in [7, 11) is 1.92. The normalized spacial score (nSPS) is 9.00. The smallest absolute Gasteiger partial charge is 0.211 e. The quantitative estimate of drug-likeness (QED) is 0.824. The van der Waals surface area contributed by atoms with Gasteiger partial charge in [-0.15, -0.1) is 0 Å². The lowest BCUT2D eigenvalue weighted by atomic mass is 10.2. The molecule has 1 amide bonds. The zero-order valence-corrected chi connectivity index (χ0v) is 11.6. The van der Waals surface area contributed by atoms with Gasteiger partial charge in [0.05, 0.1) is 0 Å². The highest BCUT2D eigenvalue weighted by molar-refractivity contribution is 5.71. The molecule has 19 heavy (non-hydrogen) atoms. The Balaban J connectivity index is 0.000000191. The number of nitrogens with one attached hydrogen (secondary N) is 2. The molecular formula is C16H20N2O. The molecule has 2 aromatic rings. The summed E-state index contributed by atoms with van der Waals surface area (Å²) in [5.74, 6) is 0. The third-order valence-electron chi connectivity index (χ3n) is 2.58. The van der Waals surface area contributed by atoms with Gasteiger partial charge in [-0.3, -0.25) is 4.79 Å². The van der Waals surface area contributed by atoms with Crippen LogP contribution in [0.5, 0.6) is 0 Å². The number of aryl methyl sites for hydroxylation is 2. The highest BCUT2D eigenvalue weighted by Gasteiger charge is 1.87. The second-order valence-corrected chi connectivity index (χ2v) is 4.25. The van der Waals surface area contributed by atoms with Crippen molar-refractivity contribution in [1.29, 1.82) is 0 Å². The standard InChI is InChI=1S/C8H9NO.C8H11N/c1-7-3-2-4-8(5-7)9-6-10;1-7-3-5-8(9-2)6-4-7/h2-6H,1H3,(H,9,10);3-6,9H,1-2H3. The lowest BCUT2D eigenvalue weighted by Crippen LogP contribution is -1.92. The third-order valence-corrected chi connectivity index (χ3v) is 2.58. The summed E-state index contributed by atoms with van der Waals surface area (Å²) in [6.45, 7) is 4.06. The van der Waals surface area contributed by atoms with Crippen LogP contribution in [0.25, 0.3) is 0 Å². The van der Waals surface area contributed by atoms with E-state index in [1.165, 1.54) is 11.3 Å². The maximum absolute atomic E-state index is 9.97. The third kappa shape index (κ3) is 5.73. The van der Waals surface area contributed by atoms with E-state index in [1.54, 1.807) is 0 Å². The highest BCUT2D eigenvalue weighted by atomic mass is 16.1. The predicted molar refractivity (Wildman–Crippen MR) is 81.6 cm³/mol. The number of amides is 1. The minimum absolute atomic E-state index is 0.675. The first-order valence-corrected chi connectivity index (χ1v) is 6.17. The fraction of sp³-hybridized carbons (Fsp3) is 0.188. The van der Waals surface area contributed by atoms with Crippen molar-refractivity contribution in [2.75, 3.05) is 17.7 Å². The van der Waals surface area contributed by atoms with Crippen LogP contribution in [0.2, 0.25) is 0 Å². The molecule has 2 N–H and O–H groups in total. The number of benzene rings is 2. The Kier molecular flexibility index (Phi) is 6.16. The molecular weight excluding hydrogens is 236 g/mol. The summed E-state index contributed by atoms with van der Waals surface area (Å²) < 4.78 is 0. The van der Waals surface area contributed by atoms with Gasteiger partial charge in [0.25, 0.3) is 0 Å². The Morgan fingerprint density at radius 2 is 1.58 bits per heavy atom. The SMILES string of the molecule is CNc1ccc(C)cc1.Cc1cccc(NC=O)c1. The first-order valence-electron chi connectivity index (χ1n) is 6.17. The molecule has 3 nitrogen and oxygen atoms in total. The predicted octanol–water partition coefficient (Wildman–Crippen LogP) is 3.60. The summed E-state index contributed by atoms with van der Waals surface area (Å²) in [5, 5.41) is 5.62. The summed E-state index contributed by atoms with van der Waals surface area (Å²) >= 11 is 0. The molecule has 3 heteroatoms. The molecule has 2 aromatic carbocycles. The molecule has 0 aliphatic rings. The Morgan fingerprint density at radius 3 is 2.11 bits per heavy atom. The second-order valence-electron chi connectivity index (χ2n) is 4.25. The largest absolute Gasteiger partial charge is 0.388 e. The number of carbonyl (C=O) groups excluding carboxylic acids is 1. The van der Waals surface area contributed by atoms with Crippen molar-refractivity contribution in [3.05, 3.63) is 59.7 Å². The summed E-state index contributed by atoms with van der Waals surface area (Å²) in [4.78, 5) is 9.97. The van der Waals surface area contributed by atoms with Gasteiger partial charge in [0.15, 0.2) is 0 Å². The number of anilines is 2. The highest BCUT2D eigenvalue weighted by Crippen LogP contribution is 2.07. The van der Waals surface area contributed by atoms with Gasteiger partial charge in [-0.05, 0) is 43.7 Å². The van der Waals surface area contributed by atoms with Crippen molar-refractivity contribution in [3.63, 3.8) is 0 Å². The van der Waals surface area contributed by atoms with Crippen LogP contribution in [-0.2, 0) is 4.79 Å². The minimum Gasteiger partial charge on any atom is -0.388 e. The Bertz CT molecular complexity index is 506. The molecule has 0 heterocycles. The average molecular weight is 256 g/mol. The van der Waals surface area contributed by atoms with E-state index in [-0.39, 0.29) is 0 Å². The van der Waals surface area contributed by atoms with Crippen LogP contribution < -0.4 is 10.6 Å². The number of hydrogen-bond donors (Lipinski definition) is 2. The Labute approximate surface area is 114 Å². The van der Waals surface area contributed by atoms with Crippen LogP contribution >= 0.6 is 0 Å². The zero-order valence-electron chi connectivity index (χ0n) is 11.6. The van der Waals surface area contributed by atoms with E-state index >= 15 is 0 Å². The first kappa shape index (κ1) is 14.8.